The Morgan fingerprint density at radius 1 is 1.29 bits per heavy atom. The summed E-state index contributed by atoms with van der Waals surface area (Å²) in [5, 5.41) is 0.179. The van der Waals surface area contributed by atoms with Crippen LogP contribution in [0.15, 0.2) is 30.4 Å². The minimum Gasteiger partial charge on any atom is -0.493 e. The maximum Gasteiger partial charge on any atom is 0.160 e. The Morgan fingerprint density at radius 3 is 2.52 bits per heavy atom. The standard InChI is InChI=1S/C15H20O4S2/c1-18-13-7-6-11(9-14(13)19-2)12(10-21(3,16)17)15-5-4-8-20-15/h4-7,9,12,15H,8,10H2,1-3H3/t12?,15-/m0/s1. The third kappa shape index (κ3) is 4.17. The molecule has 21 heavy (non-hydrogen) atoms. The molecule has 1 aliphatic heterocycles. The Balaban J connectivity index is 2.38. The fourth-order valence-corrected chi connectivity index (χ4v) is 4.78. The molecule has 116 valence electrons. The van der Waals surface area contributed by atoms with Crippen LogP contribution < -0.4 is 9.47 Å². The van der Waals surface area contributed by atoms with Gasteiger partial charge in [-0.05, 0) is 17.7 Å². The number of rotatable bonds is 6. The van der Waals surface area contributed by atoms with Crippen molar-refractivity contribution in [2.24, 2.45) is 0 Å². The van der Waals surface area contributed by atoms with Crippen LogP contribution in [0.4, 0.5) is 0 Å². The average Bonchev–Trinajstić information content (AvgIpc) is 2.97. The predicted molar refractivity (Wildman–Crippen MR) is 87.4 cm³/mol. The molecule has 0 fully saturated rings. The highest BCUT2D eigenvalue weighted by molar-refractivity contribution is 8.00. The van der Waals surface area contributed by atoms with Crippen LogP contribution in [0, 0.1) is 0 Å². The zero-order chi connectivity index (χ0) is 15.5. The number of hydrogen-bond donors (Lipinski definition) is 0. The van der Waals surface area contributed by atoms with Gasteiger partial charge in [0, 0.05) is 23.2 Å². The Labute approximate surface area is 130 Å². The van der Waals surface area contributed by atoms with Gasteiger partial charge in [0.2, 0.25) is 0 Å². The first-order chi connectivity index (χ1) is 9.94. The molecule has 6 heteroatoms. The minimum atomic E-state index is -3.06. The van der Waals surface area contributed by atoms with Crippen molar-refractivity contribution in [1.29, 1.82) is 0 Å². The Kier molecular flexibility index (Phi) is 5.22. The molecule has 1 unspecified atom stereocenters. The quantitative estimate of drug-likeness (QED) is 0.751. The minimum absolute atomic E-state index is 0.0800. The highest BCUT2D eigenvalue weighted by atomic mass is 32.2. The molecule has 0 radical (unpaired) electrons. The van der Waals surface area contributed by atoms with E-state index in [4.69, 9.17) is 9.47 Å². The van der Waals surface area contributed by atoms with Gasteiger partial charge in [-0.15, -0.1) is 11.8 Å². The van der Waals surface area contributed by atoms with E-state index in [1.54, 1.807) is 26.0 Å². The van der Waals surface area contributed by atoms with E-state index in [1.165, 1.54) is 6.26 Å². The molecule has 1 heterocycles. The second kappa shape index (κ2) is 6.75. The Hall–Kier alpha value is -1.14. The van der Waals surface area contributed by atoms with Crippen LogP contribution in [-0.2, 0) is 9.84 Å². The molecule has 4 nitrogen and oxygen atoms in total. The van der Waals surface area contributed by atoms with E-state index >= 15 is 0 Å². The van der Waals surface area contributed by atoms with Crippen molar-refractivity contribution in [2.45, 2.75) is 11.2 Å². The van der Waals surface area contributed by atoms with Crippen molar-refractivity contribution in [3.63, 3.8) is 0 Å². The number of hydrogen-bond acceptors (Lipinski definition) is 5. The van der Waals surface area contributed by atoms with Gasteiger partial charge in [0.25, 0.3) is 0 Å². The summed E-state index contributed by atoms with van der Waals surface area (Å²) in [5.74, 6) is 2.25. The van der Waals surface area contributed by atoms with Crippen LogP contribution in [0.2, 0.25) is 0 Å². The molecule has 0 N–H and O–H groups in total. The molecular weight excluding hydrogens is 308 g/mol. The lowest BCUT2D eigenvalue weighted by Gasteiger charge is -2.22. The molecule has 0 saturated carbocycles. The van der Waals surface area contributed by atoms with Crippen molar-refractivity contribution in [3.05, 3.63) is 35.9 Å². The third-order valence-corrected chi connectivity index (χ3v) is 5.65. The molecule has 0 saturated heterocycles. The summed E-state index contributed by atoms with van der Waals surface area (Å²) < 4.78 is 34.1. The summed E-state index contributed by atoms with van der Waals surface area (Å²) in [6, 6.07) is 5.62. The molecule has 1 aliphatic rings. The molecule has 0 aliphatic carbocycles. The fourth-order valence-electron chi connectivity index (χ4n) is 2.45. The van der Waals surface area contributed by atoms with Crippen molar-refractivity contribution in [1.82, 2.24) is 0 Å². The molecule has 1 aromatic rings. The molecule has 1 aromatic carbocycles. The number of ether oxygens (including phenoxy) is 2. The maximum atomic E-state index is 11.8. The fraction of sp³-hybridized carbons (Fsp3) is 0.467. The first kappa shape index (κ1) is 16.2. The molecule has 0 bridgehead atoms. The lowest BCUT2D eigenvalue weighted by Crippen LogP contribution is -2.21. The Morgan fingerprint density at radius 2 is 2.00 bits per heavy atom. The highest BCUT2D eigenvalue weighted by Crippen LogP contribution is 2.38. The van der Waals surface area contributed by atoms with Gasteiger partial charge < -0.3 is 9.47 Å². The van der Waals surface area contributed by atoms with Gasteiger partial charge in [-0.1, -0.05) is 18.2 Å². The molecule has 0 aromatic heterocycles. The first-order valence-corrected chi connectivity index (χ1v) is 9.73. The van der Waals surface area contributed by atoms with Crippen LogP contribution in [0.3, 0.4) is 0 Å². The van der Waals surface area contributed by atoms with Crippen LogP contribution in [-0.4, -0.2) is 45.6 Å². The maximum absolute atomic E-state index is 11.8. The summed E-state index contributed by atoms with van der Waals surface area (Å²) in [6.45, 7) is 0. The molecule has 0 spiro atoms. The molecule has 2 atom stereocenters. The van der Waals surface area contributed by atoms with E-state index in [0.29, 0.717) is 11.5 Å². The van der Waals surface area contributed by atoms with Crippen LogP contribution in [0.5, 0.6) is 11.5 Å². The number of sulfone groups is 1. The largest absolute Gasteiger partial charge is 0.493 e. The van der Waals surface area contributed by atoms with Gasteiger partial charge in [0.1, 0.15) is 9.84 Å². The molecule has 0 amide bonds. The Bertz CT molecular complexity index is 623. The van der Waals surface area contributed by atoms with Crippen molar-refractivity contribution in [3.8, 4) is 11.5 Å². The van der Waals surface area contributed by atoms with Crippen LogP contribution >= 0.6 is 11.8 Å². The van der Waals surface area contributed by atoms with Crippen molar-refractivity contribution < 1.29 is 17.9 Å². The monoisotopic (exact) mass is 328 g/mol. The van der Waals surface area contributed by atoms with Gasteiger partial charge in [-0.2, -0.15) is 0 Å². The van der Waals surface area contributed by atoms with Crippen molar-refractivity contribution >= 4 is 21.6 Å². The number of benzene rings is 1. The zero-order valence-corrected chi connectivity index (χ0v) is 14.0. The van der Waals surface area contributed by atoms with E-state index in [1.807, 2.05) is 18.2 Å². The normalized spacial score (nSPS) is 19.5. The topological polar surface area (TPSA) is 52.6 Å². The van der Waals surface area contributed by atoms with Gasteiger partial charge in [0.15, 0.2) is 11.5 Å². The summed E-state index contributed by atoms with van der Waals surface area (Å²) in [6.07, 6.45) is 5.46. The van der Waals surface area contributed by atoms with Crippen molar-refractivity contribution in [2.75, 3.05) is 32.0 Å². The summed E-state index contributed by atoms with van der Waals surface area (Å²) >= 11 is 1.76. The second-order valence-electron chi connectivity index (χ2n) is 5.04. The second-order valence-corrected chi connectivity index (χ2v) is 8.44. The van der Waals surface area contributed by atoms with E-state index < -0.39 is 9.84 Å². The SMILES string of the molecule is COc1ccc(C(CS(C)(=O)=O)[C@@H]2C=CCS2)cc1OC. The van der Waals surface area contributed by atoms with E-state index in [-0.39, 0.29) is 16.9 Å². The lowest BCUT2D eigenvalue weighted by atomic mass is 9.96. The zero-order valence-electron chi connectivity index (χ0n) is 12.4. The van der Waals surface area contributed by atoms with Crippen LogP contribution in [0.1, 0.15) is 11.5 Å². The number of methoxy groups -OCH3 is 2. The summed E-state index contributed by atoms with van der Waals surface area (Å²) in [4.78, 5) is 0. The van der Waals surface area contributed by atoms with Gasteiger partial charge >= 0.3 is 0 Å². The predicted octanol–water partition coefficient (Wildman–Crippen LogP) is 2.50. The van der Waals surface area contributed by atoms with Gasteiger partial charge in [-0.3, -0.25) is 0 Å². The third-order valence-electron chi connectivity index (χ3n) is 3.43. The van der Waals surface area contributed by atoms with E-state index in [9.17, 15) is 8.42 Å². The summed E-state index contributed by atoms with van der Waals surface area (Å²) in [7, 11) is 0.102. The van der Waals surface area contributed by atoms with E-state index in [2.05, 4.69) is 12.2 Å². The smallest absolute Gasteiger partial charge is 0.160 e. The highest BCUT2D eigenvalue weighted by Gasteiger charge is 2.28. The molecule has 2 rings (SSSR count). The summed E-state index contributed by atoms with van der Waals surface area (Å²) in [5.41, 5.74) is 0.960. The molecular formula is C15H20O4S2. The lowest BCUT2D eigenvalue weighted by molar-refractivity contribution is 0.354. The average molecular weight is 328 g/mol. The van der Waals surface area contributed by atoms with Crippen LogP contribution in [0.25, 0.3) is 0 Å². The first-order valence-electron chi connectivity index (χ1n) is 6.62. The van der Waals surface area contributed by atoms with E-state index in [0.717, 1.165) is 11.3 Å². The number of thioether (sulfide) groups is 1. The van der Waals surface area contributed by atoms with Gasteiger partial charge in [0.05, 0.1) is 20.0 Å². The van der Waals surface area contributed by atoms with Gasteiger partial charge in [-0.25, -0.2) is 8.42 Å².